The van der Waals surface area contributed by atoms with E-state index in [1.165, 1.54) is 13.0 Å². The third-order valence-corrected chi connectivity index (χ3v) is 1.97. The fourth-order valence-corrected chi connectivity index (χ4v) is 1.21. The maximum atomic E-state index is 11.0. The standard InChI is InChI=1S/C9H7N3O3/c1-5-7(9(11)13)2-6(4-10)3-8(5)12(14)15/h2-3H,1H3,(H2,11,13). The number of nitrogens with zero attached hydrogens (tertiary/aromatic N) is 2. The number of carbonyl (C=O) groups excluding carboxylic acids is 1. The Morgan fingerprint density at radius 1 is 1.60 bits per heavy atom. The van der Waals surface area contributed by atoms with Gasteiger partial charge in [-0.25, -0.2) is 0 Å². The first-order valence-electron chi connectivity index (χ1n) is 3.96. The summed E-state index contributed by atoms with van der Waals surface area (Å²) < 4.78 is 0. The van der Waals surface area contributed by atoms with Gasteiger partial charge in [-0.05, 0) is 13.0 Å². The second kappa shape index (κ2) is 3.75. The lowest BCUT2D eigenvalue weighted by molar-refractivity contribution is -0.385. The summed E-state index contributed by atoms with van der Waals surface area (Å²) in [7, 11) is 0. The lowest BCUT2D eigenvalue weighted by Gasteiger charge is -2.02. The van der Waals surface area contributed by atoms with Gasteiger partial charge >= 0.3 is 0 Å². The van der Waals surface area contributed by atoms with Gasteiger partial charge in [0.25, 0.3) is 5.69 Å². The summed E-state index contributed by atoms with van der Waals surface area (Å²) in [6.45, 7) is 1.42. The summed E-state index contributed by atoms with van der Waals surface area (Å²) in [6, 6.07) is 4.09. The number of rotatable bonds is 2. The number of benzene rings is 1. The highest BCUT2D eigenvalue weighted by Crippen LogP contribution is 2.23. The molecule has 1 aromatic rings. The number of carbonyl (C=O) groups is 1. The zero-order valence-corrected chi connectivity index (χ0v) is 7.85. The highest BCUT2D eigenvalue weighted by atomic mass is 16.6. The third-order valence-electron chi connectivity index (χ3n) is 1.97. The Morgan fingerprint density at radius 3 is 2.60 bits per heavy atom. The summed E-state index contributed by atoms with van der Waals surface area (Å²) in [5, 5.41) is 19.2. The van der Waals surface area contributed by atoms with Gasteiger partial charge < -0.3 is 5.73 Å². The molecule has 2 N–H and O–H groups in total. The largest absolute Gasteiger partial charge is 0.366 e. The minimum atomic E-state index is -0.785. The SMILES string of the molecule is Cc1c(C(N)=O)cc(C#N)cc1[N+](=O)[O-]. The lowest BCUT2D eigenvalue weighted by Crippen LogP contribution is -2.14. The van der Waals surface area contributed by atoms with Gasteiger partial charge in [-0.15, -0.1) is 0 Å². The van der Waals surface area contributed by atoms with Gasteiger partial charge in [-0.1, -0.05) is 0 Å². The van der Waals surface area contributed by atoms with E-state index in [4.69, 9.17) is 11.0 Å². The predicted molar refractivity (Wildman–Crippen MR) is 51.1 cm³/mol. The fraction of sp³-hybridized carbons (Fsp3) is 0.111. The topological polar surface area (TPSA) is 110 Å². The van der Waals surface area contributed by atoms with Crippen LogP contribution in [0.4, 0.5) is 5.69 Å². The maximum Gasteiger partial charge on any atom is 0.274 e. The van der Waals surface area contributed by atoms with Gasteiger partial charge in [0.1, 0.15) is 0 Å². The van der Waals surface area contributed by atoms with Crippen molar-refractivity contribution in [3.8, 4) is 6.07 Å². The Kier molecular flexibility index (Phi) is 2.67. The first-order chi connectivity index (χ1) is 6.97. The minimum absolute atomic E-state index is 0.000694. The molecule has 76 valence electrons. The Bertz CT molecular complexity index is 453. The number of hydrogen-bond acceptors (Lipinski definition) is 4. The van der Waals surface area contributed by atoms with Crippen LogP contribution in [0, 0.1) is 28.4 Å². The van der Waals surface area contributed by atoms with Gasteiger partial charge in [0.2, 0.25) is 5.91 Å². The van der Waals surface area contributed by atoms with E-state index in [9.17, 15) is 14.9 Å². The maximum absolute atomic E-state index is 11.0. The average Bonchev–Trinajstić information content (AvgIpc) is 2.17. The zero-order chi connectivity index (χ0) is 11.6. The molecule has 1 aromatic carbocycles. The van der Waals surface area contributed by atoms with E-state index in [1.807, 2.05) is 0 Å². The Hall–Kier alpha value is -2.42. The molecule has 0 aliphatic carbocycles. The van der Waals surface area contributed by atoms with Crippen molar-refractivity contribution in [3.63, 3.8) is 0 Å². The van der Waals surface area contributed by atoms with Crippen LogP contribution in [0.15, 0.2) is 12.1 Å². The number of hydrogen-bond donors (Lipinski definition) is 1. The van der Waals surface area contributed by atoms with Crippen LogP contribution in [-0.2, 0) is 0 Å². The molecule has 0 aliphatic heterocycles. The molecule has 1 rings (SSSR count). The van der Waals surface area contributed by atoms with Crippen molar-refractivity contribution in [1.82, 2.24) is 0 Å². The van der Waals surface area contributed by atoms with Gasteiger partial charge in [0.05, 0.1) is 22.1 Å². The second-order valence-electron chi connectivity index (χ2n) is 2.90. The van der Waals surface area contributed by atoms with Gasteiger partial charge in [-0.3, -0.25) is 14.9 Å². The minimum Gasteiger partial charge on any atom is -0.366 e. The molecule has 0 unspecified atom stereocenters. The van der Waals surface area contributed by atoms with Gasteiger partial charge in [-0.2, -0.15) is 5.26 Å². The lowest BCUT2D eigenvalue weighted by atomic mass is 10.0. The fourth-order valence-electron chi connectivity index (χ4n) is 1.21. The molecule has 0 aromatic heterocycles. The molecular weight excluding hydrogens is 198 g/mol. The number of nitriles is 1. The summed E-state index contributed by atoms with van der Waals surface area (Å²) >= 11 is 0. The monoisotopic (exact) mass is 205 g/mol. The molecule has 1 amide bonds. The summed E-state index contributed by atoms with van der Waals surface area (Å²) in [6.07, 6.45) is 0. The molecule has 0 bridgehead atoms. The number of nitro benzene ring substituents is 1. The highest BCUT2D eigenvalue weighted by Gasteiger charge is 2.18. The molecular formula is C9H7N3O3. The third kappa shape index (κ3) is 1.91. The zero-order valence-electron chi connectivity index (χ0n) is 7.85. The number of nitrogens with two attached hydrogens (primary N) is 1. The Balaban J connectivity index is 3.56. The van der Waals surface area contributed by atoms with Crippen molar-refractivity contribution in [3.05, 3.63) is 38.9 Å². The summed E-state index contributed by atoms with van der Waals surface area (Å²) in [5.74, 6) is -0.785. The number of amides is 1. The molecule has 0 saturated carbocycles. The Morgan fingerprint density at radius 2 is 2.20 bits per heavy atom. The smallest absolute Gasteiger partial charge is 0.274 e. The Labute approximate surface area is 85.1 Å². The molecule has 0 fully saturated rings. The van der Waals surface area contributed by atoms with Crippen LogP contribution in [0.3, 0.4) is 0 Å². The van der Waals surface area contributed by atoms with E-state index in [0.29, 0.717) is 0 Å². The molecule has 0 atom stereocenters. The number of primary amides is 1. The quantitative estimate of drug-likeness (QED) is 0.570. The van der Waals surface area contributed by atoms with Crippen LogP contribution in [0.5, 0.6) is 0 Å². The van der Waals surface area contributed by atoms with Crippen LogP contribution >= 0.6 is 0 Å². The molecule has 6 heteroatoms. The van der Waals surface area contributed by atoms with Crippen molar-refractivity contribution < 1.29 is 9.72 Å². The molecule has 15 heavy (non-hydrogen) atoms. The van der Waals surface area contributed by atoms with Crippen LogP contribution in [-0.4, -0.2) is 10.8 Å². The number of nitro groups is 1. The first-order valence-corrected chi connectivity index (χ1v) is 3.96. The van der Waals surface area contributed by atoms with Crippen molar-refractivity contribution in [2.75, 3.05) is 0 Å². The van der Waals surface area contributed by atoms with E-state index >= 15 is 0 Å². The van der Waals surface area contributed by atoms with E-state index in [1.54, 1.807) is 6.07 Å². The highest BCUT2D eigenvalue weighted by molar-refractivity contribution is 5.95. The van der Waals surface area contributed by atoms with Crippen molar-refractivity contribution >= 4 is 11.6 Å². The average molecular weight is 205 g/mol. The van der Waals surface area contributed by atoms with Crippen LogP contribution in [0.25, 0.3) is 0 Å². The van der Waals surface area contributed by atoms with Crippen LogP contribution in [0.2, 0.25) is 0 Å². The van der Waals surface area contributed by atoms with E-state index < -0.39 is 10.8 Å². The molecule has 0 aliphatic rings. The predicted octanol–water partition coefficient (Wildman–Crippen LogP) is 0.874. The van der Waals surface area contributed by atoms with Gasteiger partial charge in [0, 0.05) is 11.6 Å². The van der Waals surface area contributed by atoms with E-state index in [0.717, 1.165) is 6.07 Å². The first kappa shape index (κ1) is 10.7. The molecule has 6 nitrogen and oxygen atoms in total. The van der Waals surface area contributed by atoms with Crippen LogP contribution in [0.1, 0.15) is 21.5 Å². The van der Waals surface area contributed by atoms with Gasteiger partial charge in [0.15, 0.2) is 0 Å². The molecule has 0 spiro atoms. The van der Waals surface area contributed by atoms with Crippen molar-refractivity contribution in [1.29, 1.82) is 5.26 Å². The van der Waals surface area contributed by atoms with E-state index in [-0.39, 0.29) is 22.4 Å². The summed E-state index contributed by atoms with van der Waals surface area (Å²) in [4.78, 5) is 20.9. The van der Waals surface area contributed by atoms with Crippen molar-refractivity contribution in [2.24, 2.45) is 5.73 Å². The molecule has 0 radical (unpaired) electrons. The van der Waals surface area contributed by atoms with Crippen molar-refractivity contribution in [2.45, 2.75) is 6.92 Å². The molecule has 0 saturated heterocycles. The molecule has 0 heterocycles. The van der Waals surface area contributed by atoms with E-state index in [2.05, 4.69) is 0 Å². The van der Waals surface area contributed by atoms with Crippen LogP contribution < -0.4 is 5.73 Å². The normalized spacial score (nSPS) is 9.33. The summed E-state index contributed by atoms with van der Waals surface area (Å²) in [5.41, 5.74) is 4.98. The second-order valence-corrected chi connectivity index (χ2v) is 2.90.